The second-order valence-corrected chi connectivity index (χ2v) is 15.1. The van der Waals surface area contributed by atoms with Gasteiger partial charge in [-0.15, -0.1) is 0 Å². The summed E-state index contributed by atoms with van der Waals surface area (Å²) in [5, 5.41) is 26.3. The number of nitriles is 2. The van der Waals surface area contributed by atoms with Crippen molar-refractivity contribution in [3.8, 4) is 68.3 Å². The Morgan fingerprint density at radius 1 is 0.452 bits per heavy atom. The van der Waals surface area contributed by atoms with Crippen LogP contribution in [-0.2, 0) is 0 Å². The van der Waals surface area contributed by atoms with Crippen LogP contribution in [0.1, 0.15) is 11.1 Å². The van der Waals surface area contributed by atoms with Gasteiger partial charge in [-0.05, 0) is 71.3 Å². The summed E-state index contributed by atoms with van der Waals surface area (Å²) < 4.78 is 4.65. The largest absolute Gasteiger partial charge is 0.309 e. The van der Waals surface area contributed by atoms with E-state index in [4.69, 9.17) is 11.6 Å². The summed E-state index contributed by atoms with van der Waals surface area (Å²) in [6, 6.07) is 70.1. The molecule has 8 aromatic carbocycles. The molecule has 0 saturated heterocycles. The summed E-state index contributed by atoms with van der Waals surface area (Å²) in [6.45, 7) is 8.31. The third-order valence-corrected chi connectivity index (χ3v) is 11.8. The molecule has 0 unspecified atom stereocenters. The van der Waals surface area contributed by atoms with Crippen molar-refractivity contribution in [1.82, 2.24) is 14.1 Å². The van der Waals surface area contributed by atoms with Gasteiger partial charge in [0, 0.05) is 49.6 Å². The number of hydrogen-bond donors (Lipinski definition) is 0. The summed E-state index contributed by atoms with van der Waals surface area (Å²) >= 11 is 0. The summed E-state index contributed by atoms with van der Waals surface area (Å²) in [5.41, 5.74) is 12.6. The molecule has 6 nitrogen and oxygen atoms in total. The maximum atomic E-state index is 11.1. The minimum absolute atomic E-state index is 0.281. The fraction of sp³-hybridized carbons (Fsp3) is 0. The average molecular weight is 789 g/mol. The number of fused-ring (bicyclic) bond motifs is 7. The van der Waals surface area contributed by atoms with Crippen molar-refractivity contribution in [2.45, 2.75) is 0 Å². The Balaban J connectivity index is 1.21. The standard InChI is InChI=1S/C56H32N6/c1-59-56-50(36-17-6-2-7-18-36)45(35-58)54(60-55(56)37-19-8-3-9-20-37)38-29-30-42(39(33-38)34-57)43-26-16-28-47-51(43)53-49(62(47)41-23-12-5-13-24-41)32-31-48-52(53)44-25-14-15-27-46(44)61(48)40-21-10-4-11-22-40/h2-33H. The Bertz CT molecular complexity index is 3690. The van der Waals surface area contributed by atoms with Crippen molar-refractivity contribution in [2.24, 2.45) is 0 Å². The lowest BCUT2D eigenvalue weighted by molar-refractivity contribution is 1.17. The van der Waals surface area contributed by atoms with Crippen LogP contribution in [0.3, 0.4) is 0 Å². The van der Waals surface area contributed by atoms with Gasteiger partial charge in [-0.1, -0.05) is 140 Å². The van der Waals surface area contributed by atoms with Crippen molar-refractivity contribution in [2.75, 3.05) is 0 Å². The summed E-state index contributed by atoms with van der Waals surface area (Å²) in [5.74, 6) is 0. The zero-order valence-electron chi connectivity index (χ0n) is 33.2. The van der Waals surface area contributed by atoms with Crippen LogP contribution in [-0.4, -0.2) is 14.1 Å². The molecule has 3 heterocycles. The van der Waals surface area contributed by atoms with Crippen LogP contribution >= 0.6 is 0 Å². The van der Waals surface area contributed by atoms with E-state index in [2.05, 4.69) is 129 Å². The first-order valence-corrected chi connectivity index (χ1v) is 20.3. The number of benzene rings is 8. The molecule has 0 aliphatic carbocycles. The predicted octanol–water partition coefficient (Wildman–Crippen LogP) is 14.2. The summed E-state index contributed by atoms with van der Waals surface area (Å²) in [4.78, 5) is 9.06. The Morgan fingerprint density at radius 2 is 1.02 bits per heavy atom. The minimum Gasteiger partial charge on any atom is -0.309 e. The molecular weight excluding hydrogens is 757 g/mol. The maximum absolute atomic E-state index is 11.1. The Kier molecular flexibility index (Phi) is 8.54. The molecular formula is C56H32N6. The van der Waals surface area contributed by atoms with Gasteiger partial charge in [-0.2, -0.15) is 10.5 Å². The third kappa shape index (κ3) is 5.51. The van der Waals surface area contributed by atoms with E-state index < -0.39 is 0 Å². The van der Waals surface area contributed by atoms with Crippen molar-refractivity contribution >= 4 is 49.3 Å². The number of rotatable bonds is 6. The number of aromatic nitrogens is 3. The second kappa shape index (κ2) is 14.7. The van der Waals surface area contributed by atoms with Crippen LogP contribution in [0.2, 0.25) is 0 Å². The van der Waals surface area contributed by atoms with Crippen molar-refractivity contribution < 1.29 is 0 Å². The van der Waals surface area contributed by atoms with Gasteiger partial charge in [-0.3, -0.25) is 4.98 Å². The molecule has 0 fully saturated rings. The van der Waals surface area contributed by atoms with Gasteiger partial charge in [0.2, 0.25) is 5.69 Å². The zero-order valence-corrected chi connectivity index (χ0v) is 33.2. The Hall–Kier alpha value is -9.02. The number of pyridine rings is 1. The summed E-state index contributed by atoms with van der Waals surface area (Å²) in [6.07, 6.45) is 0. The lowest BCUT2D eigenvalue weighted by atomic mass is 9.90. The van der Waals surface area contributed by atoms with E-state index in [0.29, 0.717) is 33.8 Å². The fourth-order valence-electron chi connectivity index (χ4n) is 9.25. The predicted molar refractivity (Wildman–Crippen MR) is 250 cm³/mol. The van der Waals surface area contributed by atoms with E-state index in [1.54, 1.807) is 0 Å². The van der Waals surface area contributed by atoms with Crippen LogP contribution in [0.5, 0.6) is 0 Å². The lowest BCUT2D eigenvalue weighted by Crippen LogP contribution is -1.99. The van der Waals surface area contributed by atoms with E-state index in [9.17, 15) is 10.5 Å². The molecule has 0 amide bonds. The fourth-order valence-corrected chi connectivity index (χ4v) is 9.25. The number of nitrogens with zero attached hydrogens (tertiary/aromatic N) is 6. The zero-order chi connectivity index (χ0) is 41.7. The Labute approximate surface area is 357 Å². The van der Waals surface area contributed by atoms with Crippen molar-refractivity contribution in [1.29, 1.82) is 10.5 Å². The molecule has 0 aliphatic rings. The Morgan fingerprint density at radius 3 is 1.66 bits per heavy atom. The van der Waals surface area contributed by atoms with Crippen LogP contribution in [0.15, 0.2) is 194 Å². The van der Waals surface area contributed by atoms with Gasteiger partial charge in [-0.25, -0.2) is 4.85 Å². The third-order valence-electron chi connectivity index (χ3n) is 11.8. The van der Waals surface area contributed by atoms with E-state index in [1.807, 2.05) is 91.0 Å². The van der Waals surface area contributed by atoms with E-state index in [-0.39, 0.29) is 5.56 Å². The van der Waals surface area contributed by atoms with Crippen molar-refractivity contribution in [3.05, 3.63) is 217 Å². The van der Waals surface area contributed by atoms with Gasteiger partial charge in [0.05, 0.1) is 57.2 Å². The molecule has 62 heavy (non-hydrogen) atoms. The first-order valence-electron chi connectivity index (χ1n) is 20.3. The smallest absolute Gasteiger partial charge is 0.221 e. The van der Waals surface area contributed by atoms with Gasteiger partial charge >= 0.3 is 0 Å². The molecule has 0 atom stereocenters. The highest BCUT2D eigenvalue weighted by atomic mass is 15.0. The molecule has 0 radical (unpaired) electrons. The average Bonchev–Trinajstić information content (AvgIpc) is 3.87. The molecule has 286 valence electrons. The highest BCUT2D eigenvalue weighted by Crippen LogP contribution is 2.47. The topological polar surface area (TPSA) is 74.7 Å². The SMILES string of the molecule is [C-]#[N+]c1c(-c2ccccc2)nc(-c2ccc(-c3cccc4c3c3c5c6ccccc6n(-c6ccccc6)c5ccc3n4-c3ccccc3)c(C#N)c2)c(C#N)c1-c1ccccc1. The van der Waals surface area contributed by atoms with E-state index in [1.165, 1.54) is 0 Å². The van der Waals surface area contributed by atoms with Gasteiger partial charge in [0.25, 0.3) is 0 Å². The lowest BCUT2D eigenvalue weighted by Gasteiger charge is -2.17. The molecule has 6 heteroatoms. The van der Waals surface area contributed by atoms with Crippen LogP contribution in [0.25, 0.3) is 105 Å². The number of para-hydroxylation sites is 3. The highest BCUT2D eigenvalue weighted by Gasteiger charge is 2.26. The van der Waals surface area contributed by atoms with Gasteiger partial charge in [0.1, 0.15) is 6.07 Å². The van der Waals surface area contributed by atoms with E-state index in [0.717, 1.165) is 77.2 Å². The molecule has 11 rings (SSSR count). The van der Waals surface area contributed by atoms with Crippen LogP contribution < -0.4 is 0 Å². The monoisotopic (exact) mass is 788 g/mol. The van der Waals surface area contributed by atoms with Gasteiger partial charge in [0.15, 0.2) is 0 Å². The van der Waals surface area contributed by atoms with Crippen LogP contribution in [0.4, 0.5) is 5.69 Å². The molecule has 0 saturated carbocycles. The first kappa shape index (κ1) is 36.1. The molecule has 3 aromatic heterocycles. The van der Waals surface area contributed by atoms with Gasteiger partial charge < -0.3 is 9.13 Å². The maximum Gasteiger partial charge on any atom is 0.221 e. The minimum atomic E-state index is 0.281. The number of hydrogen-bond acceptors (Lipinski definition) is 3. The summed E-state index contributed by atoms with van der Waals surface area (Å²) in [7, 11) is 0. The van der Waals surface area contributed by atoms with Crippen LogP contribution in [0, 0.1) is 29.2 Å². The highest BCUT2D eigenvalue weighted by molar-refractivity contribution is 6.31. The molecule has 0 aliphatic heterocycles. The molecule has 0 spiro atoms. The first-order chi connectivity index (χ1) is 30.7. The quantitative estimate of drug-likeness (QED) is 0.157. The molecule has 0 bridgehead atoms. The van der Waals surface area contributed by atoms with Crippen molar-refractivity contribution in [3.63, 3.8) is 0 Å². The van der Waals surface area contributed by atoms with E-state index >= 15 is 0 Å². The molecule has 0 N–H and O–H groups in total. The second-order valence-electron chi connectivity index (χ2n) is 15.1. The molecule has 11 aromatic rings. The normalized spacial score (nSPS) is 11.2.